The number of carbonyl (C=O) groups is 1. The van der Waals surface area contributed by atoms with Crippen molar-refractivity contribution < 1.29 is 9.53 Å². The summed E-state index contributed by atoms with van der Waals surface area (Å²) in [5.41, 5.74) is 0. The molecule has 17 heavy (non-hydrogen) atoms. The maximum Gasteiger partial charge on any atom is 0.260 e. The van der Waals surface area contributed by atoms with Crippen LogP contribution in [0.5, 0.6) is 5.75 Å². The van der Waals surface area contributed by atoms with Gasteiger partial charge in [0.05, 0.1) is 0 Å². The van der Waals surface area contributed by atoms with Crippen molar-refractivity contribution in [2.45, 2.75) is 32.8 Å². The summed E-state index contributed by atoms with van der Waals surface area (Å²) in [6, 6.07) is 7.44. The molecule has 94 valence electrons. The topological polar surface area (TPSA) is 38.3 Å². The third-order valence-corrected chi connectivity index (χ3v) is 2.85. The molecule has 1 aromatic carbocycles. The fraction of sp³-hybridized carbons (Fsp3) is 0.462. The van der Waals surface area contributed by atoms with E-state index in [9.17, 15) is 4.79 Å². The Morgan fingerprint density at radius 2 is 2.06 bits per heavy atom. The first-order valence-electron chi connectivity index (χ1n) is 5.83. The smallest absolute Gasteiger partial charge is 0.260 e. The zero-order chi connectivity index (χ0) is 12.7. The van der Waals surface area contributed by atoms with Gasteiger partial charge in [0.1, 0.15) is 5.75 Å². The maximum atomic E-state index is 11.6. The Balaban J connectivity index is 2.40. The van der Waals surface area contributed by atoms with E-state index >= 15 is 0 Å². The van der Waals surface area contributed by atoms with Gasteiger partial charge in [0.25, 0.3) is 5.91 Å². The van der Waals surface area contributed by atoms with Crippen LogP contribution in [-0.2, 0) is 4.79 Å². The molecule has 0 unspecified atom stereocenters. The molecule has 4 heteroatoms. The van der Waals surface area contributed by atoms with E-state index in [4.69, 9.17) is 4.74 Å². The Morgan fingerprint density at radius 1 is 1.41 bits per heavy atom. The third-order valence-electron chi connectivity index (χ3n) is 2.33. The molecule has 0 aliphatic carbocycles. The minimum absolute atomic E-state index is 0.0682. The highest BCUT2D eigenvalue weighted by Crippen LogP contribution is 2.17. The van der Waals surface area contributed by atoms with E-state index in [1.807, 2.05) is 24.3 Å². The molecular weight excluding hydrogens is 282 g/mol. The number of halogens is 1. The normalized spacial score (nSPS) is 11.9. The van der Waals surface area contributed by atoms with Crippen molar-refractivity contribution in [3.63, 3.8) is 0 Å². The second-order valence-electron chi connectivity index (χ2n) is 3.86. The zero-order valence-electron chi connectivity index (χ0n) is 10.2. The maximum absolute atomic E-state index is 11.6. The summed E-state index contributed by atoms with van der Waals surface area (Å²) in [6.07, 6.45) is 1.60. The van der Waals surface area contributed by atoms with E-state index in [-0.39, 0.29) is 5.91 Å². The highest BCUT2D eigenvalue weighted by molar-refractivity contribution is 9.10. The van der Waals surface area contributed by atoms with Gasteiger partial charge in [-0.15, -0.1) is 0 Å². The standard InChI is InChI=1S/C13H18BrNO2/c1-3-4-9-15-13(16)10(2)17-12-7-5-11(14)6-8-12/h5-8,10H,3-4,9H2,1-2H3,(H,15,16)/t10-/m1/s1. The molecule has 0 radical (unpaired) electrons. The monoisotopic (exact) mass is 299 g/mol. The van der Waals surface area contributed by atoms with Crippen LogP contribution in [0.2, 0.25) is 0 Å². The van der Waals surface area contributed by atoms with Crippen LogP contribution in [0, 0.1) is 0 Å². The number of hydrogen-bond donors (Lipinski definition) is 1. The SMILES string of the molecule is CCCCNC(=O)[C@@H](C)Oc1ccc(Br)cc1. The van der Waals surface area contributed by atoms with Gasteiger partial charge in [-0.3, -0.25) is 4.79 Å². The summed E-state index contributed by atoms with van der Waals surface area (Å²) in [5, 5.41) is 2.84. The predicted octanol–water partition coefficient (Wildman–Crippen LogP) is 3.13. The Bertz CT molecular complexity index is 351. The van der Waals surface area contributed by atoms with Gasteiger partial charge in [-0.1, -0.05) is 29.3 Å². The molecule has 0 heterocycles. The quantitative estimate of drug-likeness (QED) is 0.820. The van der Waals surface area contributed by atoms with Crippen LogP contribution in [0.3, 0.4) is 0 Å². The van der Waals surface area contributed by atoms with Gasteiger partial charge < -0.3 is 10.1 Å². The second-order valence-corrected chi connectivity index (χ2v) is 4.77. The number of amides is 1. The minimum Gasteiger partial charge on any atom is -0.481 e. The lowest BCUT2D eigenvalue weighted by atomic mass is 10.3. The lowest BCUT2D eigenvalue weighted by Crippen LogP contribution is -2.36. The Kier molecular flexibility index (Phi) is 6.05. The first-order valence-corrected chi connectivity index (χ1v) is 6.62. The van der Waals surface area contributed by atoms with Gasteiger partial charge in [0.2, 0.25) is 0 Å². The zero-order valence-corrected chi connectivity index (χ0v) is 11.8. The molecule has 0 saturated heterocycles. The van der Waals surface area contributed by atoms with Crippen LogP contribution < -0.4 is 10.1 Å². The van der Waals surface area contributed by atoms with Gasteiger partial charge in [0, 0.05) is 11.0 Å². The number of rotatable bonds is 6. The van der Waals surface area contributed by atoms with Gasteiger partial charge in [-0.2, -0.15) is 0 Å². The number of unbranched alkanes of at least 4 members (excludes halogenated alkanes) is 1. The molecule has 3 nitrogen and oxygen atoms in total. The first-order chi connectivity index (χ1) is 8.13. The van der Waals surface area contributed by atoms with Crippen LogP contribution in [0.4, 0.5) is 0 Å². The summed E-state index contributed by atoms with van der Waals surface area (Å²) in [7, 11) is 0. The molecule has 1 aromatic rings. The molecule has 0 saturated carbocycles. The first kappa shape index (κ1) is 14.0. The highest BCUT2D eigenvalue weighted by Gasteiger charge is 2.13. The largest absolute Gasteiger partial charge is 0.481 e. The van der Waals surface area contributed by atoms with E-state index in [2.05, 4.69) is 28.2 Å². The summed E-state index contributed by atoms with van der Waals surface area (Å²) in [4.78, 5) is 11.6. The fourth-order valence-electron chi connectivity index (χ4n) is 1.30. The van der Waals surface area contributed by atoms with Gasteiger partial charge in [-0.05, 0) is 37.6 Å². The third kappa shape index (κ3) is 5.22. The molecule has 1 atom stereocenters. The van der Waals surface area contributed by atoms with Crippen LogP contribution in [-0.4, -0.2) is 18.6 Å². The van der Waals surface area contributed by atoms with Crippen molar-refractivity contribution >= 4 is 21.8 Å². The lowest BCUT2D eigenvalue weighted by molar-refractivity contribution is -0.127. The van der Waals surface area contributed by atoms with E-state index < -0.39 is 6.10 Å². The molecule has 0 spiro atoms. The number of benzene rings is 1. The predicted molar refractivity (Wildman–Crippen MR) is 72.1 cm³/mol. The summed E-state index contributed by atoms with van der Waals surface area (Å²) < 4.78 is 6.52. The minimum atomic E-state index is -0.465. The molecule has 1 N–H and O–H groups in total. The van der Waals surface area contributed by atoms with Crippen LogP contribution in [0.15, 0.2) is 28.7 Å². The van der Waals surface area contributed by atoms with Crippen LogP contribution in [0.1, 0.15) is 26.7 Å². The molecule has 1 rings (SSSR count). The number of nitrogens with one attached hydrogen (secondary N) is 1. The Hall–Kier alpha value is -1.03. The summed E-state index contributed by atoms with van der Waals surface area (Å²) in [5.74, 6) is 0.632. The van der Waals surface area contributed by atoms with Gasteiger partial charge in [0.15, 0.2) is 6.10 Å². The average Bonchev–Trinajstić information content (AvgIpc) is 2.32. The van der Waals surface area contributed by atoms with Crippen LogP contribution in [0.25, 0.3) is 0 Å². The van der Waals surface area contributed by atoms with Gasteiger partial charge in [-0.25, -0.2) is 0 Å². The van der Waals surface area contributed by atoms with Crippen LogP contribution >= 0.6 is 15.9 Å². The van der Waals surface area contributed by atoms with E-state index in [1.165, 1.54) is 0 Å². The van der Waals surface area contributed by atoms with Crippen molar-refractivity contribution in [2.24, 2.45) is 0 Å². The molecule has 0 aliphatic rings. The van der Waals surface area contributed by atoms with E-state index in [0.29, 0.717) is 12.3 Å². The molecular formula is C13H18BrNO2. The second kappa shape index (κ2) is 7.33. The Labute approximate surface area is 111 Å². The van der Waals surface area contributed by atoms with Crippen molar-refractivity contribution in [2.75, 3.05) is 6.54 Å². The lowest BCUT2D eigenvalue weighted by Gasteiger charge is -2.14. The fourth-order valence-corrected chi connectivity index (χ4v) is 1.57. The molecule has 0 bridgehead atoms. The van der Waals surface area contributed by atoms with E-state index in [1.54, 1.807) is 6.92 Å². The number of ether oxygens (including phenoxy) is 1. The average molecular weight is 300 g/mol. The number of carbonyl (C=O) groups excluding carboxylic acids is 1. The van der Waals surface area contributed by atoms with Crippen molar-refractivity contribution in [1.29, 1.82) is 0 Å². The summed E-state index contributed by atoms with van der Waals surface area (Å²) in [6.45, 7) is 4.56. The molecule has 1 amide bonds. The highest BCUT2D eigenvalue weighted by atomic mass is 79.9. The molecule has 0 aliphatic heterocycles. The molecule has 0 aromatic heterocycles. The van der Waals surface area contributed by atoms with Crippen molar-refractivity contribution in [3.8, 4) is 5.75 Å². The number of hydrogen-bond acceptors (Lipinski definition) is 2. The van der Waals surface area contributed by atoms with Gasteiger partial charge >= 0.3 is 0 Å². The van der Waals surface area contributed by atoms with Crippen molar-refractivity contribution in [1.82, 2.24) is 5.32 Å². The Morgan fingerprint density at radius 3 is 2.65 bits per heavy atom. The molecule has 0 fully saturated rings. The van der Waals surface area contributed by atoms with Crippen molar-refractivity contribution in [3.05, 3.63) is 28.7 Å². The summed E-state index contributed by atoms with van der Waals surface area (Å²) >= 11 is 3.35. The van der Waals surface area contributed by atoms with E-state index in [0.717, 1.165) is 17.3 Å².